The van der Waals surface area contributed by atoms with Crippen molar-refractivity contribution in [2.45, 2.75) is 31.7 Å². The van der Waals surface area contributed by atoms with Gasteiger partial charge in [0.25, 0.3) is 0 Å². The van der Waals surface area contributed by atoms with Crippen molar-refractivity contribution >= 4 is 10.2 Å². The highest BCUT2D eigenvalue weighted by molar-refractivity contribution is 6.08. The zero-order valence-corrected chi connectivity index (χ0v) is 6.12. The van der Waals surface area contributed by atoms with E-state index in [9.17, 15) is 4.39 Å². The van der Waals surface area contributed by atoms with Crippen LogP contribution in [-0.2, 0) is 0 Å². The molecule has 0 aromatic carbocycles. The highest BCUT2D eigenvalue weighted by Gasteiger charge is 1.85. The molecule has 0 atom stereocenters. The van der Waals surface area contributed by atoms with Crippen molar-refractivity contribution in [2.75, 3.05) is 6.67 Å². The molecule has 0 N–H and O–H groups in total. The van der Waals surface area contributed by atoms with Gasteiger partial charge in [-0.1, -0.05) is 25.3 Å². The maximum absolute atomic E-state index is 11.4. The molecule has 0 aliphatic carbocycles. The van der Waals surface area contributed by atoms with E-state index < -0.39 is 0 Å². The van der Waals surface area contributed by atoms with Gasteiger partial charge in [-0.2, -0.15) is 0 Å². The van der Waals surface area contributed by atoms with E-state index >= 15 is 0 Å². The first kappa shape index (κ1) is 8.15. The summed E-state index contributed by atoms with van der Waals surface area (Å²) >= 11 is 0. The SMILES string of the molecule is FCCCCCC[Si]. The lowest BCUT2D eigenvalue weighted by atomic mass is 10.2. The fraction of sp³-hybridized carbons (Fsp3) is 1.00. The van der Waals surface area contributed by atoms with Crippen LogP contribution in [-0.4, -0.2) is 16.9 Å². The average molecular weight is 131 g/mol. The van der Waals surface area contributed by atoms with E-state index in [1.807, 2.05) is 0 Å². The molecule has 0 unspecified atom stereocenters. The monoisotopic (exact) mass is 131 g/mol. The maximum Gasteiger partial charge on any atom is 0.0894 e. The maximum atomic E-state index is 11.4. The first-order valence-electron chi connectivity index (χ1n) is 3.12. The minimum atomic E-state index is -0.151. The van der Waals surface area contributed by atoms with E-state index in [2.05, 4.69) is 10.2 Å². The van der Waals surface area contributed by atoms with Crippen molar-refractivity contribution in [1.29, 1.82) is 0 Å². The third-order valence-corrected chi connectivity index (χ3v) is 1.41. The summed E-state index contributed by atoms with van der Waals surface area (Å²) in [7, 11) is 3.35. The lowest BCUT2D eigenvalue weighted by Crippen LogP contribution is -1.78. The van der Waals surface area contributed by atoms with Crippen LogP contribution in [0.4, 0.5) is 4.39 Å². The highest BCUT2D eigenvalue weighted by Crippen LogP contribution is 2.00. The first-order valence-corrected chi connectivity index (χ1v) is 3.83. The van der Waals surface area contributed by atoms with Crippen molar-refractivity contribution in [3.05, 3.63) is 0 Å². The molecule has 0 nitrogen and oxygen atoms in total. The van der Waals surface area contributed by atoms with E-state index in [1.54, 1.807) is 0 Å². The van der Waals surface area contributed by atoms with Crippen LogP contribution >= 0.6 is 0 Å². The normalized spacial score (nSPS) is 9.75. The Labute approximate surface area is 53.9 Å². The van der Waals surface area contributed by atoms with Gasteiger partial charge in [0, 0.05) is 10.2 Å². The molecule has 0 saturated heterocycles. The number of halogens is 1. The number of hydrogen-bond acceptors (Lipinski definition) is 0. The molecule has 3 radical (unpaired) electrons. The van der Waals surface area contributed by atoms with E-state index in [4.69, 9.17) is 0 Å². The van der Waals surface area contributed by atoms with Crippen molar-refractivity contribution in [1.82, 2.24) is 0 Å². The lowest BCUT2D eigenvalue weighted by Gasteiger charge is -1.92. The number of unbranched alkanes of at least 4 members (excludes halogenated alkanes) is 3. The van der Waals surface area contributed by atoms with Crippen LogP contribution in [0.3, 0.4) is 0 Å². The third kappa shape index (κ3) is 6.15. The predicted octanol–water partition coefficient (Wildman–Crippen LogP) is 2.10. The topological polar surface area (TPSA) is 0 Å². The molecule has 0 rings (SSSR count). The molecular weight excluding hydrogens is 119 g/mol. The van der Waals surface area contributed by atoms with Gasteiger partial charge in [0.1, 0.15) is 0 Å². The van der Waals surface area contributed by atoms with Crippen molar-refractivity contribution in [2.24, 2.45) is 0 Å². The second kappa shape index (κ2) is 7.15. The molecule has 0 aliphatic rings. The Hall–Kier alpha value is 0.147. The van der Waals surface area contributed by atoms with Gasteiger partial charge in [-0.15, -0.1) is 0 Å². The molecule has 2 heteroatoms. The van der Waals surface area contributed by atoms with Crippen LogP contribution in [0.1, 0.15) is 25.7 Å². The van der Waals surface area contributed by atoms with Crippen molar-refractivity contribution < 1.29 is 4.39 Å². The van der Waals surface area contributed by atoms with Gasteiger partial charge in [0.05, 0.1) is 6.67 Å². The van der Waals surface area contributed by atoms with Gasteiger partial charge in [0.2, 0.25) is 0 Å². The zero-order valence-electron chi connectivity index (χ0n) is 5.12. The quantitative estimate of drug-likeness (QED) is 0.396. The van der Waals surface area contributed by atoms with Crippen molar-refractivity contribution in [3.63, 3.8) is 0 Å². The van der Waals surface area contributed by atoms with Crippen LogP contribution in [0.25, 0.3) is 0 Å². The molecule has 0 aromatic rings. The fourth-order valence-corrected chi connectivity index (χ4v) is 0.823. The summed E-state index contributed by atoms with van der Waals surface area (Å²) in [5, 5.41) is 0. The third-order valence-electron chi connectivity index (χ3n) is 1.06. The Morgan fingerprint density at radius 1 is 1.00 bits per heavy atom. The second-order valence-electron chi connectivity index (χ2n) is 1.85. The van der Waals surface area contributed by atoms with Gasteiger partial charge in [-0.3, -0.25) is 4.39 Å². The Morgan fingerprint density at radius 2 is 1.62 bits per heavy atom. The molecule has 8 heavy (non-hydrogen) atoms. The molecule has 0 amide bonds. The summed E-state index contributed by atoms with van der Waals surface area (Å²) in [5.74, 6) is 0. The Balaban J connectivity index is 2.53. The summed E-state index contributed by atoms with van der Waals surface area (Å²) in [5.41, 5.74) is 0. The van der Waals surface area contributed by atoms with Crippen LogP contribution in [0.2, 0.25) is 6.04 Å². The minimum Gasteiger partial charge on any atom is -0.251 e. The van der Waals surface area contributed by atoms with Crippen LogP contribution < -0.4 is 0 Å². The van der Waals surface area contributed by atoms with Crippen LogP contribution in [0.15, 0.2) is 0 Å². The Morgan fingerprint density at radius 3 is 2.12 bits per heavy atom. The number of alkyl halides is 1. The van der Waals surface area contributed by atoms with E-state index in [-0.39, 0.29) is 6.67 Å². The predicted molar refractivity (Wildman–Crippen MR) is 35.0 cm³/mol. The average Bonchev–Trinajstić information content (AvgIpc) is 1.81. The summed E-state index contributed by atoms with van der Waals surface area (Å²) in [6.45, 7) is -0.151. The van der Waals surface area contributed by atoms with Gasteiger partial charge in [-0.25, -0.2) is 0 Å². The van der Waals surface area contributed by atoms with Gasteiger partial charge in [0.15, 0.2) is 0 Å². The van der Waals surface area contributed by atoms with E-state index in [0.29, 0.717) is 0 Å². The number of rotatable bonds is 5. The summed E-state index contributed by atoms with van der Waals surface area (Å²) < 4.78 is 11.4. The Bertz CT molecular complexity index is 33.5. The molecule has 0 aliphatic heterocycles. The molecule has 0 fully saturated rings. The molecule has 0 heterocycles. The van der Waals surface area contributed by atoms with Crippen LogP contribution in [0.5, 0.6) is 0 Å². The highest BCUT2D eigenvalue weighted by atomic mass is 28.1. The molecule has 0 spiro atoms. The van der Waals surface area contributed by atoms with E-state index in [0.717, 1.165) is 25.3 Å². The summed E-state index contributed by atoms with van der Waals surface area (Å²) in [6, 6.07) is 1.05. The smallest absolute Gasteiger partial charge is 0.0894 e. The summed E-state index contributed by atoms with van der Waals surface area (Å²) in [6.07, 6.45) is 4.12. The molecule has 0 saturated carbocycles. The lowest BCUT2D eigenvalue weighted by molar-refractivity contribution is 0.455. The first-order chi connectivity index (χ1) is 3.91. The molecule has 47 valence electrons. The second-order valence-corrected chi connectivity index (χ2v) is 2.35. The van der Waals surface area contributed by atoms with Crippen LogP contribution in [0, 0.1) is 0 Å². The molecular formula is C6H12FSi. The minimum absolute atomic E-state index is 0.151. The van der Waals surface area contributed by atoms with Gasteiger partial charge >= 0.3 is 0 Å². The molecule has 0 aromatic heterocycles. The zero-order chi connectivity index (χ0) is 6.24. The molecule has 0 bridgehead atoms. The fourth-order valence-electron chi connectivity index (χ4n) is 0.573. The Kier molecular flexibility index (Phi) is 7.28. The largest absolute Gasteiger partial charge is 0.251 e. The van der Waals surface area contributed by atoms with E-state index in [1.165, 1.54) is 6.42 Å². The summed E-state index contributed by atoms with van der Waals surface area (Å²) in [4.78, 5) is 0. The van der Waals surface area contributed by atoms with Crippen molar-refractivity contribution in [3.8, 4) is 0 Å². The van der Waals surface area contributed by atoms with Gasteiger partial charge in [-0.05, 0) is 6.42 Å². The standard InChI is InChI=1S/C6H12FSi/c7-5-3-1-2-4-6-8/h1-6H2. The number of hydrogen-bond donors (Lipinski definition) is 0. The van der Waals surface area contributed by atoms with Gasteiger partial charge < -0.3 is 0 Å².